The van der Waals surface area contributed by atoms with Crippen LogP contribution >= 0.6 is 11.8 Å². The number of benzene rings is 1. The van der Waals surface area contributed by atoms with Crippen molar-refractivity contribution >= 4 is 34.6 Å². The smallest absolute Gasteiger partial charge is 0.336 e. The van der Waals surface area contributed by atoms with Crippen molar-refractivity contribution in [2.45, 2.75) is 5.92 Å². The minimum absolute atomic E-state index is 0.0247. The molecule has 1 aromatic carbocycles. The van der Waals surface area contributed by atoms with Crippen molar-refractivity contribution in [3.8, 4) is 0 Å². The van der Waals surface area contributed by atoms with Crippen LogP contribution in [0.15, 0.2) is 46.8 Å². The third kappa shape index (κ3) is 4.76. The van der Waals surface area contributed by atoms with Crippen LogP contribution in [0.1, 0.15) is 11.5 Å². The highest BCUT2D eigenvalue weighted by Crippen LogP contribution is 2.40. The maximum atomic E-state index is 13.9. The van der Waals surface area contributed by atoms with Gasteiger partial charge in [0.2, 0.25) is 0 Å². The number of carbonyl (C=O) groups excluding carboxylic acids is 2. The number of alkyl halides is 1. The number of methoxy groups -OCH3 is 2. The van der Waals surface area contributed by atoms with Gasteiger partial charge in [-0.15, -0.1) is 0 Å². The number of halogens is 1. The highest BCUT2D eigenvalue weighted by molar-refractivity contribution is 8.13. The molecule has 0 saturated heterocycles. The van der Waals surface area contributed by atoms with Gasteiger partial charge >= 0.3 is 11.9 Å². The monoisotopic (exact) mass is 438 g/mol. The van der Waals surface area contributed by atoms with Crippen LogP contribution in [0.5, 0.6) is 0 Å². The van der Waals surface area contributed by atoms with Gasteiger partial charge in [0.15, 0.2) is 5.17 Å². The Labute approximate surface area is 174 Å². The van der Waals surface area contributed by atoms with Crippen LogP contribution in [0.25, 0.3) is 0 Å². The van der Waals surface area contributed by atoms with E-state index in [1.807, 2.05) is 0 Å². The number of hydrogen-bond donors (Lipinski definition) is 3. The number of nitrogens with zero attached hydrogens (tertiary/aromatic N) is 1. The number of dihydropyridines is 1. The Hall–Kier alpha value is -3.41. The van der Waals surface area contributed by atoms with Gasteiger partial charge in [-0.05, 0) is 5.56 Å². The van der Waals surface area contributed by atoms with Gasteiger partial charge in [0.25, 0.3) is 5.69 Å². The maximum Gasteiger partial charge on any atom is 0.336 e. The number of nitrogens with one attached hydrogen (secondary N) is 2. The summed E-state index contributed by atoms with van der Waals surface area (Å²) in [4.78, 5) is 35.8. The van der Waals surface area contributed by atoms with Crippen molar-refractivity contribution < 1.29 is 28.4 Å². The van der Waals surface area contributed by atoms with Crippen LogP contribution < -0.4 is 11.1 Å². The number of carbonyl (C=O) groups is 2. The van der Waals surface area contributed by atoms with E-state index in [2.05, 4.69) is 5.32 Å². The molecule has 10 nitrogen and oxygen atoms in total. The van der Waals surface area contributed by atoms with Gasteiger partial charge < -0.3 is 20.5 Å². The molecule has 0 saturated carbocycles. The fraction of sp³-hybridized carbons (Fsp3) is 0.278. The Bertz CT molecular complexity index is 962. The van der Waals surface area contributed by atoms with E-state index in [-0.39, 0.29) is 44.7 Å². The number of thioether (sulfide) groups is 1. The van der Waals surface area contributed by atoms with E-state index in [1.54, 1.807) is 0 Å². The Morgan fingerprint density at radius 2 is 1.87 bits per heavy atom. The molecule has 1 aliphatic heterocycles. The fourth-order valence-corrected chi connectivity index (χ4v) is 3.56. The molecular formula is C18H19FN4O6S. The molecule has 0 aliphatic carbocycles. The molecule has 2 rings (SSSR count). The van der Waals surface area contributed by atoms with Crippen LogP contribution in [0.3, 0.4) is 0 Å². The molecule has 0 aromatic heterocycles. The van der Waals surface area contributed by atoms with E-state index < -0.39 is 29.5 Å². The molecule has 4 N–H and O–H groups in total. The summed E-state index contributed by atoms with van der Waals surface area (Å²) >= 11 is 0.866. The molecule has 0 fully saturated rings. The quantitative estimate of drug-likeness (QED) is 0.189. The number of amidine groups is 1. The van der Waals surface area contributed by atoms with Crippen molar-refractivity contribution in [2.75, 3.05) is 26.6 Å². The Kier molecular flexibility index (Phi) is 7.53. The first kappa shape index (κ1) is 22.9. The average Bonchev–Trinajstić information content (AvgIpc) is 2.75. The highest BCUT2D eigenvalue weighted by atomic mass is 32.2. The number of nitro groups is 1. The summed E-state index contributed by atoms with van der Waals surface area (Å²) in [5.74, 6) is -2.97. The lowest BCUT2D eigenvalue weighted by molar-refractivity contribution is -0.384. The van der Waals surface area contributed by atoms with Gasteiger partial charge in [-0.2, -0.15) is 0 Å². The summed E-state index contributed by atoms with van der Waals surface area (Å²) in [6.07, 6.45) is 0. The second kappa shape index (κ2) is 9.87. The van der Waals surface area contributed by atoms with Crippen LogP contribution in [-0.2, 0) is 19.1 Å². The van der Waals surface area contributed by atoms with E-state index >= 15 is 0 Å². The van der Waals surface area contributed by atoms with Gasteiger partial charge in [-0.3, -0.25) is 15.5 Å². The van der Waals surface area contributed by atoms with Crippen molar-refractivity contribution in [3.05, 3.63) is 62.5 Å². The first-order valence-corrected chi connectivity index (χ1v) is 9.40. The molecule has 12 heteroatoms. The number of non-ortho nitro benzene ring substituents is 1. The van der Waals surface area contributed by atoms with E-state index in [0.717, 1.165) is 26.0 Å². The van der Waals surface area contributed by atoms with Gasteiger partial charge in [0.05, 0.1) is 41.9 Å². The van der Waals surface area contributed by atoms with Crippen molar-refractivity contribution in [1.29, 1.82) is 5.41 Å². The Balaban J connectivity index is 2.80. The van der Waals surface area contributed by atoms with Crippen LogP contribution in [0.2, 0.25) is 0 Å². The summed E-state index contributed by atoms with van der Waals surface area (Å²) in [5.41, 5.74) is 5.02. The first-order chi connectivity index (χ1) is 14.2. The Morgan fingerprint density at radius 3 is 2.37 bits per heavy atom. The van der Waals surface area contributed by atoms with Crippen molar-refractivity contribution in [3.63, 3.8) is 0 Å². The Morgan fingerprint density at radius 1 is 1.27 bits per heavy atom. The highest BCUT2D eigenvalue weighted by Gasteiger charge is 2.40. The van der Waals surface area contributed by atoms with Gasteiger partial charge in [0, 0.05) is 23.6 Å². The largest absolute Gasteiger partial charge is 0.466 e. The van der Waals surface area contributed by atoms with E-state index in [1.165, 1.54) is 24.3 Å². The predicted octanol–water partition coefficient (Wildman–Crippen LogP) is 1.73. The number of esters is 2. The van der Waals surface area contributed by atoms with Crippen molar-refractivity contribution in [1.82, 2.24) is 5.32 Å². The summed E-state index contributed by atoms with van der Waals surface area (Å²) in [5, 5.41) is 21.1. The molecule has 160 valence electrons. The SMILES string of the molecule is COC(=O)C1=C(CF)NC(CSC(=N)N)=C(C(=O)OC)C1c1cccc([N+](=O)[O-])c1. The van der Waals surface area contributed by atoms with Crippen LogP contribution in [-0.4, -0.2) is 48.7 Å². The van der Waals surface area contributed by atoms with E-state index in [9.17, 15) is 24.1 Å². The maximum absolute atomic E-state index is 13.9. The van der Waals surface area contributed by atoms with Gasteiger partial charge in [-0.1, -0.05) is 23.9 Å². The summed E-state index contributed by atoms with van der Waals surface area (Å²) in [7, 11) is 2.22. The van der Waals surface area contributed by atoms with Gasteiger partial charge in [-0.25, -0.2) is 14.0 Å². The normalized spacial score (nSPS) is 16.0. The lowest BCUT2D eigenvalue weighted by atomic mass is 9.80. The number of allylic oxidation sites excluding steroid dienone is 1. The molecule has 1 aliphatic rings. The molecular weight excluding hydrogens is 419 g/mol. The number of rotatable bonds is 7. The second-order valence-corrected chi connectivity index (χ2v) is 6.98. The molecule has 1 atom stereocenters. The zero-order valence-corrected chi connectivity index (χ0v) is 16.9. The molecule has 30 heavy (non-hydrogen) atoms. The van der Waals surface area contributed by atoms with Crippen molar-refractivity contribution in [2.24, 2.45) is 5.73 Å². The number of ether oxygens (including phenoxy) is 2. The minimum atomic E-state index is -1.20. The first-order valence-electron chi connectivity index (χ1n) is 8.41. The molecule has 1 unspecified atom stereocenters. The number of nitrogens with two attached hydrogens (primary N) is 1. The third-order valence-corrected chi connectivity index (χ3v) is 5.00. The van der Waals surface area contributed by atoms with E-state index in [4.69, 9.17) is 20.6 Å². The lowest BCUT2D eigenvalue weighted by Crippen LogP contribution is -2.35. The van der Waals surface area contributed by atoms with Gasteiger partial charge in [0.1, 0.15) is 6.67 Å². The zero-order valence-electron chi connectivity index (χ0n) is 16.1. The zero-order chi connectivity index (χ0) is 22.4. The summed E-state index contributed by atoms with van der Waals surface area (Å²) in [6.45, 7) is -1.10. The van der Waals surface area contributed by atoms with E-state index in [0.29, 0.717) is 0 Å². The molecule has 0 amide bonds. The molecule has 1 heterocycles. The fourth-order valence-electron chi connectivity index (χ4n) is 3.03. The molecule has 1 aromatic rings. The minimum Gasteiger partial charge on any atom is -0.466 e. The molecule has 0 radical (unpaired) electrons. The summed E-state index contributed by atoms with van der Waals surface area (Å²) in [6, 6.07) is 5.29. The average molecular weight is 438 g/mol. The number of hydrogen-bond acceptors (Lipinski definition) is 9. The molecule has 0 spiro atoms. The lowest BCUT2D eigenvalue weighted by Gasteiger charge is -2.31. The summed E-state index contributed by atoms with van der Waals surface area (Å²) < 4.78 is 23.5. The van der Waals surface area contributed by atoms with Crippen LogP contribution in [0, 0.1) is 15.5 Å². The third-order valence-electron chi connectivity index (χ3n) is 4.26. The topological polar surface area (TPSA) is 158 Å². The number of nitro benzene ring substituents is 1. The van der Waals surface area contributed by atoms with Crippen LogP contribution in [0.4, 0.5) is 10.1 Å². The molecule has 0 bridgehead atoms. The predicted molar refractivity (Wildman–Crippen MR) is 107 cm³/mol. The second-order valence-electron chi connectivity index (χ2n) is 5.96. The standard InChI is InChI=1S/C18H19FN4O6S/c1-28-16(24)14-11(7-19)22-12(8-30-18(20)21)15(17(25)29-2)13(14)9-4-3-5-10(6-9)23(26)27/h3-6,13,22H,7-8H2,1-2H3,(H3,20,21).